The maximum atomic E-state index is 12.9. The molecule has 0 unspecified atom stereocenters. The Hall–Kier alpha value is -2.74. The highest BCUT2D eigenvalue weighted by molar-refractivity contribution is 7.71. The van der Waals surface area contributed by atoms with E-state index in [1.807, 2.05) is 17.0 Å². The van der Waals surface area contributed by atoms with E-state index >= 15 is 0 Å². The van der Waals surface area contributed by atoms with Gasteiger partial charge in [-0.25, -0.2) is 4.98 Å². The third-order valence-corrected chi connectivity index (χ3v) is 6.01. The van der Waals surface area contributed by atoms with Gasteiger partial charge in [-0.3, -0.25) is 14.3 Å². The van der Waals surface area contributed by atoms with Gasteiger partial charge in [-0.1, -0.05) is 59.7 Å². The number of nitrogens with zero attached hydrogens (tertiary/aromatic N) is 4. The number of rotatable bonds is 2. The van der Waals surface area contributed by atoms with Crippen molar-refractivity contribution in [1.29, 1.82) is 0 Å². The van der Waals surface area contributed by atoms with Crippen LogP contribution in [-0.2, 0) is 13.0 Å². The molecule has 0 saturated heterocycles. The molecule has 0 fully saturated rings. The van der Waals surface area contributed by atoms with Gasteiger partial charge in [0.25, 0.3) is 5.56 Å². The number of halogens is 2. The Balaban J connectivity index is 1.59. The molecule has 2 aromatic heterocycles. The topological polar surface area (TPSA) is 66.8 Å². The molecule has 0 spiro atoms. The molecule has 0 saturated carbocycles. The van der Waals surface area contributed by atoms with Gasteiger partial charge < -0.3 is 4.90 Å². The Kier molecular flexibility index (Phi) is 4.81. The first-order valence-corrected chi connectivity index (χ1v) is 10.5. The van der Waals surface area contributed by atoms with E-state index < -0.39 is 0 Å². The fourth-order valence-corrected chi connectivity index (χ4v) is 4.56. The minimum atomic E-state index is -0.325. The third-order valence-electron chi connectivity index (χ3n) is 5.17. The number of fused-ring (bicyclic) bond motifs is 2. The van der Waals surface area contributed by atoms with Gasteiger partial charge in [-0.15, -0.1) is 0 Å². The summed E-state index contributed by atoms with van der Waals surface area (Å²) in [6.07, 6.45) is 2.43. The number of hydrogen-bond acceptors (Lipinski definition) is 5. The third kappa shape index (κ3) is 3.39. The number of aromatic amines is 1. The first-order chi connectivity index (χ1) is 14.5. The van der Waals surface area contributed by atoms with Crippen LogP contribution in [0.15, 0.2) is 53.6 Å². The number of hydrogen-bond donors (Lipinski definition) is 1. The van der Waals surface area contributed by atoms with Crippen LogP contribution in [0.3, 0.4) is 0 Å². The zero-order chi connectivity index (χ0) is 20.8. The molecule has 1 N–H and O–H groups in total. The molecule has 1 aliphatic heterocycles. The number of aromatic nitrogens is 4. The van der Waals surface area contributed by atoms with Crippen molar-refractivity contribution in [3.05, 3.63) is 85.0 Å². The summed E-state index contributed by atoms with van der Waals surface area (Å²) < 4.78 is 1.89. The second kappa shape index (κ2) is 7.50. The van der Waals surface area contributed by atoms with Gasteiger partial charge >= 0.3 is 0 Å². The number of H-pyrrole nitrogens is 1. The van der Waals surface area contributed by atoms with Crippen LogP contribution in [0.25, 0.3) is 16.7 Å². The van der Waals surface area contributed by atoms with Crippen LogP contribution >= 0.6 is 35.4 Å². The second-order valence-electron chi connectivity index (χ2n) is 7.08. The lowest BCUT2D eigenvalue weighted by Gasteiger charge is -2.29. The Bertz CT molecular complexity index is 1390. The molecule has 0 radical (unpaired) electrons. The maximum Gasteiger partial charge on any atom is 0.264 e. The van der Waals surface area contributed by atoms with Gasteiger partial charge in [0, 0.05) is 23.1 Å². The van der Waals surface area contributed by atoms with E-state index in [4.69, 9.17) is 35.4 Å². The minimum Gasteiger partial charge on any atom is -0.338 e. The molecule has 3 heterocycles. The molecule has 1 aliphatic rings. The average Bonchev–Trinajstić information content (AvgIpc) is 2.72. The Morgan fingerprint density at radius 1 is 1.07 bits per heavy atom. The fraction of sp³-hybridized carbons (Fsp3) is 0.143. The molecular formula is C21H15Cl2N5OS. The van der Waals surface area contributed by atoms with Gasteiger partial charge in [0.2, 0.25) is 5.95 Å². The Morgan fingerprint density at radius 2 is 1.80 bits per heavy atom. The molecule has 30 heavy (non-hydrogen) atoms. The molecule has 6 nitrogen and oxygen atoms in total. The van der Waals surface area contributed by atoms with Gasteiger partial charge in [0.05, 0.1) is 5.69 Å². The number of benzene rings is 2. The van der Waals surface area contributed by atoms with E-state index in [0.29, 0.717) is 38.5 Å². The predicted molar refractivity (Wildman–Crippen MR) is 122 cm³/mol. The lowest BCUT2D eigenvalue weighted by Crippen LogP contribution is -2.33. The van der Waals surface area contributed by atoms with Crippen molar-refractivity contribution < 1.29 is 0 Å². The summed E-state index contributed by atoms with van der Waals surface area (Å²) >= 11 is 17.8. The summed E-state index contributed by atoms with van der Waals surface area (Å²) in [7, 11) is 0. The summed E-state index contributed by atoms with van der Waals surface area (Å²) in [5, 5.41) is 1.18. The van der Waals surface area contributed by atoms with Gasteiger partial charge in [-0.05, 0) is 35.7 Å². The van der Waals surface area contributed by atoms with E-state index in [2.05, 4.69) is 27.1 Å². The first kappa shape index (κ1) is 19.2. The quantitative estimate of drug-likeness (QED) is 0.443. The van der Waals surface area contributed by atoms with Crippen LogP contribution in [0, 0.1) is 4.64 Å². The van der Waals surface area contributed by atoms with E-state index in [-0.39, 0.29) is 10.9 Å². The Labute approximate surface area is 186 Å². The normalized spacial score (nSPS) is 13.5. The summed E-state index contributed by atoms with van der Waals surface area (Å²) in [5.41, 5.74) is 3.16. The molecule has 4 aromatic rings. The fourth-order valence-electron chi connectivity index (χ4n) is 3.71. The highest BCUT2D eigenvalue weighted by Gasteiger charge is 2.19. The zero-order valence-electron chi connectivity index (χ0n) is 15.6. The molecule has 2 aromatic carbocycles. The van der Waals surface area contributed by atoms with Crippen LogP contribution in [0.5, 0.6) is 0 Å². The van der Waals surface area contributed by atoms with Gasteiger partial charge in [0.15, 0.2) is 5.65 Å². The molecule has 0 bridgehead atoms. The van der Waals surface area contributed by atoms with Crippen molar-refractivity contribution in [3.63, 3.8) is 0 Å². The van der Waals surface area contributed by atoms with Crippen LogP contribution in [0.2, 0.25) is 10.0 Å². The van der Waals surface area contributed by atoms with Crippen molar-refractivity contribution in [2.24, 2.45) is 0 Å². The van der Waals surface area contributed by atoms with Crippen molar-refractivity contribution in [2.45, 2.75) is 13.0 Å². The van der Waals surface area contributed by atoms with E-state index in [1.54, 1.807) is 22.8 Å². The van der Waals surface area contributed by atoms with Crippen LogP contribution < -0.4 is 10.5 Å². The van der Waals surface area contributed by atoms with Crippen molar-refractivity contribution >= 4 is 52.4 Å². The van der Waals surface area contributed by atoms with Gasteiger partial charge in [-0.2, -0.15) is 4.98 Å². The van der Waals surface area contributed by atoms with Crippen molar-refractivity contribution in [1.82, 2.24) is 19.5 Å². The lowest BCUT2D eigenvalue weighted by atomic mass is 10.0. The van der Waals surface area contributed by atoms with E-state index in [9.17, 15) is 4.79 Å². The van der Waals surface area contributed by atoms with Crippen molar-refractivity contribution in [3.8, 4) is 5.69 Å². The highest BCUT2D eigenvalue weighted by atomic mass is 35.5. The second-order valence-corrected chi connectivity index (χ2v) is 8.34. The molecule has 150 valence electrons. The van der Waals surface area contributed by atoms with Crippen LogP contribution in [-0.4, -0.2) is 26.1 Å². The number of anilines is 1. The average molecular weight is 456 g/mol. The molecule has 5 rings (SSSR count). The summed E-state index contributed by atoms with van der Waals surface area (Å²) in [6.45, 7) is 1.44. The van der Waals surface area contributed by atoms with Crippen molar-refractivity contribution in [2.75, 3.05) is 11.4 Å². The molecule has 0 amide bonds. The first-order valence-electron chi connectivity index (χ1n) is 9.29. The largest absolute Gasteiger partial charge is 0.338 e. The van der Waals surface area contributed by atoms with Crippen LogP contribution in [0.1, 0.15) is 11.1 Å². The molecular weight excluding hydrogens is 441 g/mol. The monoisotopic (exact) mass is 455 g/mol. The predicted octanol–water partition coefficient (Wildman–Crippen LogP) is 4.71. The molecule has 9 heteroatoms. The Morgan fingerprint density at radius 3 is 2.57 bits per heavy atom. The standard InChI is InChI=1S/C21H15Cl2N5OS/c22-14-7-15(23)9-16(8-14)28-11-24-18-17(20(28)30)19(29)26-21(25-18)27-6-5-12-3-1-2-4-13(12)10-27/h1-4,7-9,11H,5-6,10H2,(H,25,26,29). The molecule has 0 aliphatic carbocycles. The summed E-state index contributed by atoms with van der Waals surface area (Å²) in [5.74, 6) is 0.493. The SMILES string of the molecule is O=c1[nH]c(N2CCc3ccccc3C2)nc2ncn(-c3cc(Cl)cc(Cl)c3)c(=S)c12. The van der Waals surface area contributed by atoms with E-state index in [1.165, 1.54) is 17.5 Å². The summed E-state index contributed by atoms with van der Waals surface area (Å²) in [6, 6.07) is 13.3. The van der Waals surface area contributed by atoms with Crippen LogP contribution in [0.4, 0.5) is 5.95 Å². The minimum absolute atomic E-state index is 0.254. The number of nitrogens with one attached hydrogen (secondary N) is 1. The summed E-state index contributed by atoms with van der Waals surface area (Å²) in [4.78, 5) is 26.8. The zero-order valence-corrected chi connectivity index (χ0v) is 17.9. The lowest BCUT2D eigenvalue weighted by molar-refractivity contribution is 0.707. The maximum absolute atomic E-state index is 12.9. The smallest absolute Gasteiger partial charge is 0.264 e. The molecule has 0 atom stereocenters. The van der Waals surface area contributed by atoms with E-state index in [0.717, 1.165) is 13.0 Å². The highest BCUT2D eigenvalue weighted by Crippen LogP contribution is 2.24. The van der Waals surface area contributed by atoms with Gasteiger partial charge in [0.1, 0.15) is 16.4 Å².